The summed E-state index contributed by atoms with van der Waals surface area (Å²) in [5.74, 6) is 0.0703. The van der Waals surface area contributed by atoms with Gasteiger partial charge in [0, 0.05) is 36.6 Å². The summed E-state index contributed by atoms with van der Waals surface area (Å²) >= 11 is 0. The maximum absolute atomic E-state index is 14.2. The number of hydrogen-bond donors (Lipinski definition) is 5. The van der Waals surface area contributed by atoms with E-state index in [2.05, 4.69) is 49.6 Å². The molecule has 6 rings (SSSR count). The second-order valence-electron chi connectivity index (χ2n) is 11.3. The molecule has 0 radical (unpaired) electrons. The molecule has 0 aliphatic carbocycles. The van der Waals surface area contributed by atoms with E-state index in [1.165, 1.54) is 18.3 Å². The van der Waals surface area contributed by atoms with Crippen molar-refractivity contribution in [1.29, 1.82) is 0 Å². The number of nitrogens with one attached hydrogen (secondary N) is 4. The summed E-state index contributed by atoms with van der Waals surface area (Å²) in [6.07, 6.45) is 5.35. The van der Waals surface area contributed by atoms with Gasteiger partial charge in [-0.3, -0.25) is 9.89 Å². The van der Waals surface area contributed by atoms with E-state index in [-0.39, 0.29) is 11.7 Å². The number of aromatic hydroxyl groups is 1. The third-order valence-electron chi connectivity index (χ3n) is 7.86. The number of H-pyrrole nitrogens is 2. The molecule has 0 spiro atoms. The molecule has 11 nitrogen and oxygen atoms in total. The standard InChI is InChI=1S/C32H36FN9O2/c1-4-19-13-28(43)23(33)14-22(19)20-6-7-21-25(12-20)40-41-30(21)31-38-24-8-11-42(17-27(24)39-31)32(44)26-15-37-29(16-36-26)35-10-5-9-34-18(2)3/h6-7,12-16,18,34,43H,4-5,8-11,17H2,1-3H3,(H,35,37)(H,38,39)(H,40,41). The molecule has 0 unspecified atom stereocenters. The normalized spacial score (nSPS) is 13.1. The van der Waals surface area contributed by atoms with Crippen LogP contribution >= 0.6 is 0 Å². The zero-order valence-corrected chi connectivity index (χ0v) is 25.0. The van der Waals surface area contributed by atoms with Crippen LogP contribution < -0.4 is 10.6 Å². The lowest BCUT2D eigenvalue weighted by atomic mass is 9.96. The number of benzene rings is 2. The Balaban J connectivity index is 1.14. The number of fused-ring (bicyclic) bond motifs is 2. The molecule has 3 aromatic heterocycles. The van der Waals surface area contributed by atoms with Gasteiger partial charge in [-0.15, -0.1) is 0 Å². The Labute approximate surface area is 254 Å². The number of phenolic OH excluding ortho intramolecular Hbond substituents is 1. The lowest BCUT2D eigenvalue weighted by Crippen LogP contribution is -2.36. The van der Waals surface area contributed by atoms with E-state index in [1.807, 2.05) is 25.1 Å². The highest BCUT2D eigenvalue weighted by molar-refractivity contribution is 5.94. The molecule has 228 valence electrons. The number of halogens is 1. The number of carbonyl (C=O) groups excluding carboxylic acids is 1. The third-order valence-corrected chi connectivity index (χ3v) is 7.86. The van der Waals surface area contributed by atoms with E-state index in [4.69, 9.17) is 4.98 Å². The molecule has 4 heterocycles. The Hall–Kier alpha value is -4.84. The van der Waals surface area contributed by atoms with Crippen molar-refractivity contribution >= 4 is 22.6 Å². The van der Waals surface area contributed by atoms with Gasteiger partial charge in [0.15, 0.2) is 17.4 Å². The van der Waals surface area contributed by atoms with Gasteiger partial charge < -0.3 is 25.6 Å². The van der Waals surface area contributed by atoms with Gasteiger partial charge in [0.2, 0.25) is 0 Å². The van der Waals surface area contributed by atoms with Crippen LogP contribution in [0.5, 0.6) is 5.75 Å². The first-order valence-corrected chi connectivity index (χ1v) is 15.0. The van der Waals surface area contributed by atoms with E-state index in [0.29, 0.717) is 55.0 Å². The number of anilines is 1. The average molecular weight is 598 g/mol. The van der Waals surface area contributed by atoms with Crippen molar-refractivity contribution < 1.29 is 14.3 Å². The SMILES string of the molecule is CCc1cc(O)c(F)cc1-c1ccc2c(-c3nc4c([nH]3)CCN(C(=O)c3cnc(NCCCNC(C)C)cn3)C4)n[nH]c2c1. The molecule has 5 N–H and O–H groups in total. The Kier molecular flexibility index (Phi) is 8.25. The van der Waals surface area contributed by atoms with Crippen LogP contribution in [0.2, 0.25) is 0 Å². The molecule has 0 atom stereocenters. The number of carbonyl (C=O) groups is 1. The number of amides is 1. The molecule has 12 heteroatoms. The highest BCUT2D eigenvalue weighted by Crippen LogP contribution is 2.34. The monoisotopic (exact) mass is 597 g/mol. The molecule has 2 aromatic carbocycles. The quantitative estimate of drug-likeness (QED) is 0.144. The highest BCUT2D eigenvalue weighted by atomic mass is 19.1. The number of aryl methyl sites for hydroxylation is 1. The molecular formula is C32H36FN9O2. The van der Waals surface area contributed by atoms with Crippen molar-refractivity contribution in [2.75, 3.05) is 25.0 Å². The fourth-order valence-corrected chi connectivity index (χ4v) is 5.50. The van der Waals surface area contributed by atoms with Crippen LogP contribution in [0.3, 0.4) is 0 Å². The maximum atomic E-state index is 14.2. The number of nitrogens with zero attached hydrogens (tertiary/aromatic N) is 5. The van der Waals surface area contributed by atoms with E-state index >= 15 is 0 Å². The molecule has 1 aliphatic heterocycles. The Morgan fingerprint density at radius 2 is 2.02 bits per heavy atom. The first kappa shape index (κ1) is 29.2. The van der Waals surface area contributed by atoms with Crippen LogP contribution in [0.4, 0.5) is 10.2 Å². The van der Waals surface area contributed by atoms with Crippen molar-refractivity contribution in [1.82, 2.24) is 40.3 Å². The van der Waals surface area contributed by atoms with Gasteiger partial charge in [0.05, 0.1) is 30.1 Å². The summed E-state index contributed by atoms with van der Waals surface area (Å²) in [5, 5.41) is 24.9. The Morgan fingerprint density at radius 1 is 1.16 bits per heavy atom. The van der Waals surface area contributed by atoms with Crippen LogP contribution in [0.1, 0.15) is 54.6 Å². The van der Waals surface area contributed by atoms with Gasteiger partial charge in [0.25, 0.3) is 5.91 Å². The maximum Gasteiger partial charge on any atom is 0.274 e. The van der Waals surface area contributed by atoms with E-state index in [1.54, 1.807) is 11.1 Å². The zero-order chi connectivity index (χ0) is 30.8. The number of hydrogen-bond acceptors (Lipinski definition) is 8. The van der Waals surface area contributed by atoms with Gasteiger partial charge in [0.1, 0.15) is 17.2 Å². The van der Waals surface area contributed by atoms with Crippen LogP contribution in [0.25, 0.3) is 33.5 Å². The summed E-state index contributed by atoms with van der Waals surface area (Å²) in [4.78, 5) is 31.9. The van der Waals surface area contributed by atoms with Crippen LogP contribution in [0.15, 0.2) is 42.7 Å². The van der Waals surface area contributed by atoms with Crippen molar-refractivity contribution in [2.45, 2.75) is 52.6 Å². The average Bonchev–Trinajstić information content (AvgIpc) is 3.65. The van der Waals surface area contributed by atoms with Crippen LogP contribution in [0, 0.1) is 5.82 Å². The molecule has 0 saturated carbocycles. The molecule has 5 aromatic rings. The van der Waals surface area contributed by atoms with E-state index in [0.717, 1.165) is 58.5 Å². The summed E-state index contributed by atoms with van der Waals surface area (Å²) in [6, 6.07) is 9.07. The minimum absolute atomic E-state index is 0.185. The van der Waals surface area contributed by atoms with Crippen molar-refractivity contribution in [2.24, 2.45) is 0 Å². The van der Waals surface area contributed by atoms with Crippen LogP contribution in [-0.4, -0.2) is 71.7 Å². The number of aromatic amines is 2. The Morgan fingerprint density at radius 3 is 2.80 bits per heavy atom. The zero-order valence-electron chi connectivity index (χ0n) is 25.0. The second-order valence-corrected chi connectivity index (χ2v) is 11.3. The summed E-state index contributed by atoms with van der Waals surface area (Å²) < 4.78 is 14.2. The largest absolute Gasteiger partial charge is 0.505 e. The smallest absolute Gasteiger partial charge is 0.274 e. The van der Waals surface area contributed by atoms with Crippen molar-refractivity contribution in [3.05, 3.63) is 71.2 Å². The fourth-order valence-electron chi connectivity index (χ4n) is 5.50. The summed E-state index contributed by atoms with van der Waals surface area (Å²) in [6.45, 7) is 8.77. The van der Waals surface area contributed by atoms with Gasteiger partial charge in [-0.25, -0.2) is 19.3 Å². The molecule has 1 aliphatic rings. The number of aromatic nitrogens is 6. The topological polar surface area (TPSA) is 148 Å². The minimum atomic E-state index is -0.654. The number of phenols is 1. The van der Waals surface area contributed by atoms with E-state index in [9.17, 15) is 14.3 Å². The highest BCUT2D eigenvalue weighted by Gasteiger charge is 2.27. The summed E-state index contributed by atoms with van der Waals surface area (Å²) in [7, 11) is 0. The minimum Gasteiger partial charge on any atom is -0.505 e. The number of imidazole rings is 1. The Bertz CT molecular complexity index is 1800. The van der Waals surface area contributed by atoms with Crippen molar-refractivity contribution in [3.63, 3.8) is 0 Å². The molecule has 0 saturated heterocycles. The molecule has 0 bridgehead atoms. The lowest BCUT2D eigenvalue weighted by molar-refractivity contribution is 0.0725. The third kappa shape index (κ3) is 5.98. The predicted molar refractivity (Wildman–Crippen MR) is 167 cm³/mol. The predicted octanol–water partition coefficient (Wildman–Crippen LogP) is 4.82. The summed E-state index contributed by atoms with van der Waals surface area (Å²) in [5.41, 5.74) is 5.91. The molecular weight excluding hydrogens is 561 g/mol. The van der Waals surface area contributed by atoms with Gasteiger partial charge in [-0.1, -0.05) is 26.8 Å². The molecule has 0 fully saturated rings. The first-order valence-electron chi connectivity index (χ1n) is 15.0. The van der Waals surface area contributed by atoms with Gasteiger partial charge in [-0.2, -0.15) is 5.10 Å². The molecule has 1 amide bonds. The first-order chi connectivity index (χ1) is 21.3. The van der Waals surface area contributed by atoms with E-state index < -0.39 is 5.82 Å². The number of rotatable bonds is 10. The van der Waals surface area contributed by atoms with Crippen molar-refractivity contribution in [3.8, 4) is 28.4 Å². The van der Waals surface area contributed by atoms with Crippen LogP contribution in [-0.2, 0) is 19.4 Å². The second kappa shape index (κ2) is 12.4. The fraction of sp³-hybridized carbons (Fsp3) is 0.344. The lowest BCUT2D eigenvalue weighted by Gasteiger charge is -2.25. The molecule has 44 heavy (non-hydrogen) atoms. The van der Waals surface area contributed by atoms with Gasteiger partial charge >= 0.3 is 0 Å². The van der Waals surface area contributed by atoms with Gasteiger partial charge in [-0.05, 0) is 60.3 Å².